The largest absolute Gasteiger partial charge is 0.481 e. The summed E-state index contributed by atoms with van der Waals surface area (Å²) in [6.45, 7) is 3.92. The third-order valence-corrected chi connectivity index (χ3v) is 3.95. The molecule has 1 heterocycles. The molecule has 20 heavy (non-hydrogen) atoms. The monoisotopic (exact) mass is 277 g/mol. The minimum absolute atomic E-state index is 0.150. The first-order valence-electron chi connectivity index (χ1n) is 7.37. The summed E-state index contributed by atoms with van der Waals surface area (Å²) in [6.07, 6.45) is 6.12. The second-order valence-electron chi connectivity index (χ2n) is 5.68. The highest BCUT2D eigenvalue weighted by Crippen LogP contribution is 2.34. The molecule has 0 aromatic carbocycles. The van der Waals surface area contributed by atoms with Gasteiger partial charge in [-0.1, -0.05) is 26.2 Å². The highest BCUT2D eigenvalue weighted by Gasteiger charge is 2.34. The van der Waals surface area contributed by atoms with Crippen molar-refractivity contribution in [3.8, 4) is 0 Å². The van der Waals surface area contributed by atoms with Gasteiger partial charge in [0.25, 0.3) is 0 Å². The van der Waals surface area contributed by atoms with Gasteiger partial charge in [0.15, 0.2) is 0 Å². The fourth-order valence-corrected chi connectivity index (χ4v) is 3.01. The molecule has 1 fully saturated rings. The standard InChI is InChI=1S/C15H23N3O2/c1-3-12-9-13(17-11(2)16-12)18-15(10-14(19)20)7-5-4-6-8-15/h9H,3-8,10H2,1-2H3,(H,19,20)(H,16,17,18). The van der Waals surface area contributed by atoms with Crippen LogP contribution in [0.15, 0.2) is 6.07 Å². The first-order valence-corrected chi connectivity index (χ1v) is 7.37. The summed E-state index contributed by atoms with van der Waals surface area (Å²) >= 11 is 0. The quantitative estimate of drug-likeness (QED) is 0.865. The summed E-state index contributed by atoms with van der Waals surface area (Å²) in [4.78, 5) is 20.0. The van der Waals surface area contributed by atoms with E-state index in [9.17, 15) is 9.90 Å². The van der Waals surface area contributed by atoms with Crippen LogP contribution in [-0.2, 0) is 11.2 Å². The number of aromatic nitrogens is 2. The van der Waals surface area contributed by atoms with Gasteiger partial charge < -0.3 is 10.4 Å². The molecule has 1 aromatic rings. The van der Waals surface area contributed by atoms with E-state index < -0.39 is 5.97 Å². The van der Waals surface area contributed by atoms with Crippen LogP contribution in [0.25, 0.3) is 0 Å². The van der Waals surface area contributed by atoms with E-state index in [2.05, 4.69) is 22.2 Å². The van der Waals surface area contributed by atoms with Crippen molar-refractivity contribution >= 4 is 11.8 Å². The van der Waals surface area contributed by atoms with E-state index in [-0.39, 0.29) is 12.0 Å². The lowest BCUT2D eigenvalue weighted by Crippen LogP contribution is -2.42. The van der Waals surface area contributed by atoms with E-state index in [1.807, 2.05) is 13.0 Å². The molecule has 1 aromatic heterocycles. The molecule has 2 N–H and O–H groups in total. The lowest BCUT2D eigenvalue weighted by molar-refractivity contribution is -0.138. The Morgan fingerprint density at radius 1 is 1.35 bits per heavy atom. The van der Waals surface area contributed by atoms with Gasteiger partial charge >= 0.3 is 5.97 Å². The van der Waals surface area contributed by atoms with Gasteiger partial charge in [-0.25, -0.2) is 9.97 Å². The summed E-state index contributed by atoms with van der Waals surface area (Å²) in [5.74, 6) is 0.742. The van der Waals surface area contributed by atoms with Gasteiger partial charge in [0.1, 0.15) is 11.6 Å². The number of anilines is 1. The molecule has 0 radical (unpaired) electrons. The maximum atomic E-state index is 11.2. The molecule has 1 aliphatic rings. The number of carboxylic acid groups (broad SMARTS) is 1. The first-order chi connectivity index (χ1) is 9.53. The van der Waals surface area contributed by atoms with Crippen LogP contribution in [0.4, 0.5) is 5.82 Å². The Kier molecular flexibility index (Phi) is 4.57. The Labute approximate surface area is 119 Å². The van der Waals surface area contributed by atoms with E-state index in [1.54, 1.807) is 0 Å². The van der Waals surface area contributed by atoms with E-state index in [1.165, 1.54) is 6.42 Å². The summed E-state index contributed by atoms with van der Waals surface area (Å²) in [7, 11) is 0. The topological polar surface area (TPSA) is 75.1 Å². The number of nitrogens with one attached hydrogen (secondary N) is 1. The Balaban J connectivity index is 2.22. The molecular formula is C15H23N3O2. The Morgan fingerprint density at radius 2 is 2.05 bits per heavy atom. The SMILES string of the molecule is CCc1cc(NC2(CC(=O)O)CCCCC2)nc(C)n1. The van der Waals surface area contributed by atoms with Crippen molar-refractivity contribution in [3.05, 3.63) is 17.6 Å². The Morgan fingerprint density at radius 3 is 2.65 bits per heavy atom. The predicted molar refractivity (Wildman–Crippen MR) is 77.8 cm³/mol. The van der Waals surface area contributed by atoms with Crippen LogP contribution in [0, 0.1) is 6.92 Å². The highest BCUT2D eigenvalue weighted by atomic mass is 16.4. The van der Waals surface area contributed by atoms with Crippen molar-refractivity contribution < 1.29 is 9.90 Å². The fourth-order valence-electron chi connectivity index (χ4n) is 3.01. The normalized spacial score (nSPS) is 17.7. The Hall–Kier alpha value is -1.65. The van der Waals surface area contributed by atoms with Crippen LogP contribution in [0.1, 0.15) is 57.0 Å². The maximum absolute atomic E-state index is 11.2. The molecule has 0 saturated heterocycles. The molecule has 0 bridgehead atoms. The van der Waals surface area contributed by atoms with Crippen molar-refractivity contribution in [2.45, 2.75) is 64.3 Å². The lowest BCUT2D eigenvalue weighted by atomic mass is 9.79. The minimum atomic E-state index is -0.749. The summed E-state index contributed by atoms with van der Waals surface area (Å²) < 4.78 is 0. The number of rotatable bonds is 5. The number of carboxylic acids is 1. The molecule has 0 atom stereocenters. The third-order valence-electron chi connectivity index (χ3n) is 3.95. The number of hydrogen-bond acceptors (Lipinski definition) is 4. The molecular weight excluding hydrogens is 254 g/mol. The molecule has 5 heteroatoms. The number of aliphatic carboxylic acids is 1. The van der Waals surface area contributed by atoms with Gasteiger partial charge in [-0.05, 0) is 26.2 Å². The van der Waals surface area contributed by atoms with Crippen LogP contribution in [0.2, 0.25) is 0 Å². The number of nitrogens with zero attached hydrogens (tertiary/aromatic N) is 2. The molecule has 0 aliphatic heterocycles. The summed E-state index contributed by atoms with van der Waals surface area (Å²) in [6, 6.07) is 1.94. The zero-order chi connectivity index (χ0) is 14.6. The van der Waals surface area contributed by atoms with Crippen LogP contribution in [0.3, 0.4) is 0 Å². The molecule has 5 nitrogen and oxygen atoms in total. The van der Waals surface area contributed by atoms with Crippen molar-refractivity contribution in [2.75, 3.05) is 5.32 Å². The van der Waals surface area contributed by atoms with Gasteiger partial charge in [0, 0.05) is 17.3 Å². The zero-order valence-electron chi connectivity index (χ0n) is 12.3. The second kappa shape index (κ2) is 6.20. The van der Waals surface area contributed by atoms with Crippen LogP contribution in [-0.4, -0.2) is 26.6 Å². The smallest absolute Gasteiger partial charge is 0.305 e. The average Bonchev–Trinajstić information content (AvgIpc) is 2.37. The molecule has 2 rings (SSSR count). The summed E-state index contributed by atoms with van der Waals surface area (Å²) in [5.41, 5.74) is 0.636. The van der Waals surface area contributed by atoms with Gasteiger partial charge in [0.2, 0.25) is 0 Å². The minimum Gasteiger partial charge on any atom is -0.481 e. The van der Waals surface area contributed by atoms with E-state index in [0.29, 0.717) is 0 Å². The second-order valence-corrected chi connectivity index (χ2v) is 5.68. The van der Waals surface area contributed by atoms with Gasteiger partial charge in [-0.15, -0.1) is 0 Å². The third kappa shape index (κ3) is 3.68. The molecule has 1 aliphatic carbocycles. The Bertz CT molecular complexity index is 482. The molecule has 110 valence electrons. The van der Waals surface area contributed by atoms with Gasteiger partial charge in [-0.2, -0.15) is 0 Å². The molecule has 0 unspecified atom stereocenters. The van der Waals surface area contributed by atoms with Crippen LogP contribution in [0.5, 0.6) is 0 Å². The highest BCUT2D eigenvalue weighted by molar-refractivity contribution is 5.69. The van der Waals surface area contributed by atoms with Gasteiger partial charge in [-0.3, -0.25) is 4.79 Å². The first kappa shape index (κ1) is 14.8. The number of aryl methyl sites for hydroxylation is 2. The molecule has 1 saturated carbocycles. The van der Waals surface area contributed by atoms with Gasteiger partial charge in [0.05, 0.1) is 6.42 Å². The average molecular weight is 277 g/mol. The molecule has 0 amide bonds. The van der Waals surface area contributed by atoms with Crippen LogP contribution < -0.4 is 5.32 Å². The van der Waals surface area contributed by atoms with E-state index >= 15 is 0 Å². The predicted octanol–water partition coefficient (Wildman–Crippen LogP) is 2.94. The van der Waals surface area contributed by atoms with Crippen molar-refractivity contribution in [1.82, 2.24) is 9.97 Å². The number of carbonyl (C=O) groups is 1. The zero-order valence-corrected chi connectivity index (χ0v) is 12.3. The van der Waals surface area contributed by atoms with Crippen molar-refractivity contribution in [2.24, 2.45) is 0 Å². The lowest BCUT2D eigenvalue weighted by Gasteiger charge is -2.37. The van der Waals surface area contributed by atoms with Crippen molar-refractivity contribution in [1.29, 1.82) is 0 Å². The summed E-state index contributed by atoms with van der Waals surface area (Å²) in [5, 5.41) is 12.6. The fraction of sp³-hybridized carbons (Fsp3) is 0.667. The van der Waals surface area contributed by atoms with Crippen molar-refractivity contribution in [3.63, 3.8) is 0 Å². The maximum Gasteiger partial charge on any atom is 0.305 e. The van der Waals surface area contributed by atoms with E-state index in [0.717, 1.165) is 49.4 Å². The molecule has 0 spiro atoms. The van der Waals surface area contributed by atoms with Crippen LogP contribution >= 0.6 is 0 Å². The number of hydrogen-bond donors (Lipinski definition) is 2. The van der Waals surface area contributed by atoms with E-state index in [4.69, 9.17) is 0 Å².